The molecule has 1 saturated carbocycles. The van der Waals surface area contributed by atoms with Gasteiger partial charge in [-0.15, -0.1) is 0 Å². The van der Waals surface area contributed by atoms with Gasteiger partial charge in [0, 0.05) is 29.0 Å². The number of benzene rings is 1. The maximum absolute atomic E-state index is 12.5. The Bertz CT molecular complexity index is 1160. The van der Waals surface area contributed by atoms with Crippen molar-refractivity contribution in [1.82, 2.24) is 15.1 Å². The highest BCUT2D eigenvalue weighted by Crippen LogP contribution is 2.31. The predicted molar refractivity (Wildman–Crippen MR) is 122 cm³/mol. The number of hydrogen-bond acceptors (Lipinski definition) is 6. The van der Waals surface area contributed by atoms with Crippen LogP contribution in [0, 0.1) is 5.92 Å². The third kappa shape index (κ3) is 5.22. The molecule has 0 unspecified atom stereocenters. The van der Waals surface area contributed by atoms with Gasteiger partial charge in [-0.1, -0.05) is 49.7 Å². The van der Waals surface area contributed by atoms with E-state index in [1.165, 1.54) is 0 Å². The fraction of sp³-hybridized carbons (Fsp3) is 0.375. The number of pyridine rings is 1. The first-order chi connectivity index (χ1) is 15.2. The zero-order valence-corrected chi connectivity index (χ0v) is 19.1. The normalized spacial score (nSPS) is 13.8. The van der Waals surface area contributed by atoms with E-state index >= 15 is 0 Å². The number of anilines is 1. The quantitative estimate of drug-likeness (QED) is 0.492. The highest BCUT2D eigenvalue weighted by molar-refractivity contribution is 6.31. The number of aryl methyl sites for hydroxylation is 1. The standard InChI is InChI=1S/C24H25ClN4O3/c1-24(2,3)23-28-22(32-29-23)19(30)9-8-14-4-7-16(12-18(14)25)17-10-11-26-20(13-17)27-21(31)15-5-6-15/h4,7,10-13,15H,5-6,8-9H2,1-3H3,(H,26,27,31). The number of ketones is 1. The van der Waals surface area contributed by atoms with E-state index in [2.05, 4.69) is 20.4 Å². The summed E-state index contributed by atoms with van der Waals surface area (Å²) in [6, 6.07) is 9.40. The summed E-state index contributed by atoms with van der Waals surface area (Å²) in [4.78, 5) is 32.9. The Hall–Kier alpha value is -3.06. The van der Waals surface area contributed by atoms with Gasteiger partial charge in [-0.05, 0) is 54.2 Å². The monoisotopic (exact) mass is 452 g/mol. The van der Waals surface area contributed by atoms with Gasteiger partial charge in [-0.25, -0.2) is 4.98 Å². The molecule has 1 aliphatic rings. The summed E-state index contributed by atoms with van der Waals surface area (Å²) in [5.74, 6) is 0.985. The largest absolute Gasteiger partial charge is 0.331 e. The molecule has 0 atom stereocenters. The van der Waals surface area contributed by atoms with Gasteiger partial charge in [0.25, 0.3) is 5.89 Å². The summed E-state index contributed by atoms with van der Waals surface area (Å²) < 4.78 is 5.13. The number of halogens is 1. The third-order valence-electron chi connectivity index (χ3n) is 5.30. The lowest BCUT2D eigenvalue weighted by Gasteiger charge is -2.10. The molecule has 32 heavy (non-hydrogen) atoms. The molecule has 1 aromatic carbocycles. The molecule has 1 amide bonds. The van der Waals surface area contributed by atoms with Crippen LogP contribution in [0.5, 0.6) is 0 Å². The highest BCUT2D eigenvalue weighted by atomic mass is 35.5. The minimum absolute atomic E-state index is 0.0172. The lowest BCUT2D eigenvalue weighted by atomic mass is 9.96. The van der Waals surface area contributed by atoms with E-state index in [4.69, 9.17) is 16.1 Å². The van der Waals surface area contributed by atoms with E-state index in [9.17, 15) is 9.59 Å². The van der Waals surface area contributed by atoms with Crippen molar-refractivity contribution in [2.24, 2.45) is 5.92 Å². The molecule has 0 spiro atoms. The Kier molecular flexibility index (Phi) is 6.11. The van der Waals surface area contributed by atoms with Gasteiger partial charge < -0.3 is 9.84 Å². The molecule has 1 N–H and O–H groups in total. The third-order valence-corrected chi connectivity index (χ3v) is 5.65. The summed E-state index contributed by atoms with van der Waals surface area (Å²) in [5, 5.41) is 7.32. The Morgan fingerprint density at radius 3 is 2.56 bits per heavy atom. The molecule has 0 aliphatic heterocycles. The van der Waals surface area contributed by atoms with Crippen LogP contribution in [0.3, 0.4) is 0 Å². The van der Waals surface area contributed by atoms with Crippen molar-refractivity contribution in [2.45, 2.75) is 51.9 Å². The number of rotatable bonds is 7. The van der Waals surface area contributed by atoms with Gasteiger partial charge >= 0.3 is 0 Å². The van der Waals surface area contributed by atoms with Crippen LogP contribution in [0.2, 0.25) is 5.02 Å². The number of hydrogen-bond donors (Lipinski definition) is 1. The summed E-state index contributed by atoms with van der Waals surface area (Å²) in [6.45, 7) is 5.88. The van der Waals surface area contributed by atoms with Crippen molar-refractivity contribution in [3.63, 3.8) is 0 Å². The second-order valence-corrected chi connectivity index (χ2v) is 9.50. The average molecular weight is 453 g/mol. The minimum Gasteiger partial charge on any atom is -0.331 e. The van der Waals surface area contributed by atoms with Gasteiger partial charge in [0.2, 0.25) is 11.7 Å². The molecule has 1 aliphatic carbocycles. The van der Waals surface area contributed by atoms with Crippen LogP contribution < -0.4 is 5.32 Å². The van der Waals surface area contributed by atoms with Crippen LogP contribution in [0.4, 0.5) is 5.82 Å². The van der Waals surface area contributed by atoms with Crippen molar-refractivity contribution in [3.8, 4) is 11.1 Å². The molecule has 8 heteroatoms. The topological polar surface area (TPSA) is 98.0 Å². The van der Waals surface area contributed by atoms with Crippen LogP contribution in [0.15, 0.2) is 41.1 Å². The van der Waals surface area contributed by atoms with Crippen molar-refractivity contribution in [1.29, 1.82) is 0 Å². The molecule has 2 aromatic heterocycles. The molecule has 7 nitrogen and oxygen atoms in total. The lowest BCUT2D eigenvalue weighted by Crippen LogP contribution is -2.14. The molecule has 166 valence electrons. The number of amides is 1. The maximum atomic E-state index is 12.5. The van der Waals surface area contributed by atoms with E-state index < -0.39 is 0 Å². The van der Waals surface area contributed by atoms with E-state index in [0.717, 1.165) is 29.5 Å². The first kappa shape index (κ1) is 22.1. The molecule has 2 heterocycles. The molecule has 4 rings (SSSR count). The minimum atomic E-state index is -0.283. The molecule has 0 bridgehead atoms. The maximum Gasteiger partial charge on any atom is 0.294 e. The smallest absolute Gasteiger partial charge is 0.294 e. The Morgan fingerprint density at radius 2 is 1.91 bits per heavy atom. The van der Waals surface area contributed by atoms with Gasteiger partial charge in [0.05, 0.1) is 0 Å². The van der Waals surface area contributed by atoms with E-state index in [1.54, 1.807) is 6.20 Å². The van der Waals surface area contributed by atoms with E-state index in [1.807, 2.05) is 51.1 Å². The summed E-state index contributed by atoms with van der Waals surface area (Å²) >= 11 is 6.50. The van der Waals surface area contributed by atoms with E-state index in [-0.39, 0.29) is 35.3 Å². The van der Waals surface area contributed by atoms with Gasteiger partial charge in [-0.3, -0.25) is 9.59 Å². The van der Waals surface area contributed by atoms with Gasteiger partial charge in [0.15, 0.2) is 5.82 Å². The zero-order chi connectivity index (χ0) is 22.9. The van der Waals surface area contributed by atoms with Crippen LogP contribution >= 0.6 is 11.6 Å². The number of nitrogens with zero attached hydrogens (tertiary/aromatic N) is 3. The van der Waals surface area contributed by atoms with Crippen molar-refractivity contribution >= 4 is 29.1 Å². The van der Waals surface area contributed by atoms with Gasteiger partial charge in [0.1, 0.15) is 5.82 Å². The van der Waals surface area contributed by atoms with Crippen molar-refractivity contribution in [3.05, 3.63) is 58.8 Å². The fourth-order valence-corrected chi connectivity index (χ4v) is 3.45. The number of carbonyl (C=O) groups excluding carboxylic acids is 2. The Morgan fingerprint density at radius 1 is 1.16 bits per heavy atom. The van der Waals surface area contributed by atoms with E-state index in [0.29, 0.717) is 23.1 Å². The lowest BCUT2D eigenvalue weighted by molar-refractivity contribution is -0.117. The molecular weight excluding hydrogens is 428 g/mol. The van der Waals surface area contributed by atoms with Crippen LogP contribution in [-0.4, -0.2) is 26.8 Å². The highest BCUT2D eigenvalue weighted by Gasteiger charge is 2.29. The summed E-state index contributed by atoms with van der Waals surface area (Å²) in [5.41, 5.74) is 2.38. The second-order valence-electron chi connectivity index (χ2n) is 9.10. The number of carbonyl (C=O) groups is 2. The number of Topliss-reactive ketones (excluding diaryl/α,β-unsaturated/α-hetero) is 1. The summed E-state index contributed by atoms with van der Waals surface area (Å²) in [7, 11) is 0. The predicted octanol–water partition coefficient (Wildman–Crippen LogP) is 5.25. The van der Waals surface area contributed by atoms with Crippen LogP contribution in [0.1, 0.15) is 62.1 Å². The Balaban J connectivity index is 1.41. The number of nitrogens with one attached hydrogen (secondary N) is 1. The SMILES string of the molecule is CC(C)(C)c1noc(C(=O)CCc2ccc(-c3ccnc(NC(=O)C4CC4)c3)cc2Cl)n1. The molecular formula is C24H25ClN4O3. The molecule has 3 aromatic rings. The van der Waals surface area contributed by atoms with Gasteiger partial charge in [-0.2, -0.15) is 4.98 Å². The molecule has 0 saturated heterocycles. The van der Waals surface area contributed by atoms with Crippen molar-refractivity contribution in [2.75, 3.05) is 5.32 Å². The molecule has 1 fully saturated rings. The summed E-state index contributed by atoms with van der Waals surface area (Å²) in [6.07, 6.45) is 4.22. The average Bonchev–Trinajstić information content (AvgIpc) is 3.48. The van der Waals surface area contributed by atoms with Crippen LogP contribution in [-0.2, 0) is 16.6 Å². The number of aromatic nitrogens is 3. The van der Waals surface area contributed by atoms with Crippen molar-refractivity contribution < 1.29 is 14.1 Å². The first-order valence-corrected chi connectivity index (χ1v) is 11.0. The first-order valence-electron chi connectivity index (χ1n) is 10.6. The zero-order valence-electron chi connectivity index (χ0n) is 18.3. The Labute approximate surface area is 191 Å². The fourth-order valence-electron chi connectivity index (χ4n) is 3.18. The van der Waals surface area contributed by atoms with Crippen LogP contribution in [0.25, 0.3) is 11.1 Å². The second kappa shape index (κ2) is 8.82. The molecule has 0 radical (unpaired) electrons.